The smallest absolute Gasteiger partial charge is 0.324 e. The Labute approximate surface area is 264 Å². The van der Waals surface area contributed by atoms with Crippen LogP contribution in [0.1, 0.15) is 46.0 Å². The SMILES string of the molecule is NC(=O)NCc1ccc2c(c1)[C@]1(C(=O)N2)[C@H](C(N)=O)[C@H]2C(=O)O[C@H](c3ccccc3)[C@H](c3ccccc3)N2[C@@H]1c1ccc(O)cc1. The van der Waals surface area contributed by atoms with Crippen LogP contribution in [0.5, 0.6) is 5.75 Å². The summed E-state index contributed by atoms with van der Waals surface area (Å²) in [6.45, 7) is 0.0654. The second-order valence-electron chi connectivity index (χ2n) is 11.8. The fourth-order valence-corrected chi connectivity index (χ4v) is 7.63. The number of aromatic hydroxyl groups is 1. The van der Waals surface area contributed by atoms with Crippen LogP contribution in [0.25, 0.3) is 0 Å². The van der Waals surface area contributed by atoms with Crippen LogP contribution >= 0.6 is 0 Å². The van der Waals surface area contributed by atoms with Gasteiger partial charge in [0.25, 0.3) is 0 Å². The molecule has 1 spiro atoms. The van der Waals surface area contributed by atoms with Crippen LogP contribution in [0.4, 0.5) is 10.5 Å². The van der Waals surface area contributed by atoms with Gasteiger partial charge in [0.1, 0.15) is 23.3 Å². The Bertz CT molecular complexity index is 1850. The molecule has 2 saturated heterocycles. The average Bonchev–Trinajstić information content (AvgIpc) is 3.53. The van der Waals surface area contributed by atoms with Crippen LogP contribution in [0.2, 0.25) is 0 Å². The van der Waals surface area contributed by atoms with Crippen molar-refractivity contribution >= 4 is 29.5 Å². The first kappa shape index (κ1) is 29.1. The van der Waals surface area contributed by atoms with Gasteiger partial charge in [0.05, 0.1) is 18.0 Å². The van der Waals surface area contributed by atoms with Crippen molar-refractivity contribution in [1.82, 2.24) is 10.2 Å². The van der Waals surface area contributed by atoms with Crippen LogP contribution in [0, 0.1) is 5.92 Å². The number of cyclic esters (lactones) is 1. The zero-order valence-electron chi connectivity index (χ0n) is 24.5. The van der Waals surface area contributed by atoms with Crippen LogP contribution in [0.15, 0.2) is 103 Å². The molecule has 2 fully saturated rings. The summed E-state index contributed by atoms with van der Waals surface area (Å²) in [4.78, 5) is 56.1. The zero-order valence-corrected chi connectivity index (χ0v) is 24.5. The molecule has 11 nitrogen and oxygen atoms in total. The molecular formula is C35H31N5O6. The normalized spacial score (nSPS) is 26.6. The molecule has 0 unspecified atom stereocenters. The molecule has 4 aromatic carbocycles. The molecule has 7 rings (SSSR count). The summed E-state index contributed by atoms with van der Waals surface area (Å²) in [5.74, 6) is -3.38. The highest BCUT2D eigenvalue weighted by Gasteiger charge is 2.73. The van der Waals surface area contributed by atoms with Gasteiger partial charge in [-0.15, -0.1) is 0 Å². The summed E-state index contributed by atoms with van der Waals surface area (Å²) in [5, 5.41) is 15.8. The monoisotopic (exact) mass is 617 g/mol. The maximum absolute atomic E-state index is 14.6. The minimum atomic E-state index is -1.71. The number of hydrogen-bond donors (Lipinski definition) is 5. The Hall–Kier alpha value is -5.68. The number of benzene rings is 4. The highest BCUT2D eigenvalue weighted by molar-refractivity contribution is 6.11. The Morgan fingerprint density at radius 1 is 0.848 bits per heavy atom. The number of ether oxygens (including phenoxy) is 1. The number of morpholine rings is 1. The summed E-state index contributed by atoms with van der Waals surface area (Å²) >= 11 is 0. The third-order valence-corrected chi connectivity index (χ3v) is 9.35. The van der Waals surface area contributed by atoms with Crippen molar-refractivity contribution < 1.29 is 29.0 Å². The minimum Gasteiger partial charge on any atom is -0.508 e. The number of esters is 1. The van der Waals surface area contributed by atoms with Gasteiger partial charge in [0, 0.05) is 12.2 Å². The Kier molecular flexibility index (Phi) is 6.97. The highest BCUT2D eigenvalue weighted by atomic mass is 16.6. The molecule has 0 saturated carbocycles. The van der Waals surface area contributed by atoms with Crippen molar-refractivity contribution in [2.75, 3.05) is 5.32 Å². The molecule has 46 heavy (non-hydrogen) atoms. The molecule has 0 aromatic heterocycles. The van der Waals surface area contributed by atoms with Gasteiger partial charge in [-0.05, 0) is 46.0 Å². The molecule has 0 radical (unpaired) electrons. The minimum absolute atomic E-state index is 0.00899. The number of hydrogen-bond acceptors (Lipinski definition) is 7. The number of phenols is 1. The van der Waals surface area contributed by atoms with E-state index in [-0.39, 0.29) is 12.3 Å². The molecule has 7 N–H and O–H groups in total. The topological polar surface area (TPSA) is 177 Å². The first-order valence-electron chi connectivity index (χ1n) is 14.9. The van der Waals surface area contributed by atoms with Crippen molar-refractivity contribution in [3.63, 3.8) is 0 Å². The maximum Gasteiger partial charge on any atom is 0.324 e. The predicted molar refractivity (Wildman–Crippen MR) is 167 cm³/mol. The van der Waals surface area contributed by atoms with E-state index < -0.39 is 59.4 Å². The highest BCUT2D eigenvalue weighted by Crippen LogP contribution is 2.64. The molecule has 0 aliphatic carbocycles. The molecular weight excluding hydrogens is 586 g/mol. The van der Waals surface area contributed by atoms with E-state index in [0.717, 1.165) is 11.1 Å². The molecule has 3 aliphatic rings. The first-order valence-corrected chi connectivity index (χ1v) is 14.9. The zero-order chi connectivity index (χ0) is 32.2. The molecule has 11 heteroatoms. The molecule has 4 aromatic rings. The van der Waals surface area contributed by atoms with Crippen molar-refractivity contribution in [3.8, 4) is 5.75 Å². The van der Waals surface area contributed by atoms with E-state index in [2.05, 4.69) is 10.6 Å². The van der Waals surface area contributed by atoms with Crippen molar-refractivity contribution in [1.29, 1.82) is 0 Å². The number of nitrogens with two attached hydrogens (primary N) is 2. The lowest BCUT2D eigenvalue weighted by molar-refractivity contribution is -0.178. The molecule has 4 amide bonds. The van der Waals surface area contributed by atoms with Gasteiger partial charge in [-0.2, -0.15) is 0 Å². The lowest BCUT2D eigenvalue weighted by atomic mass is 9.65. The number of carbonyl (C=O) groups is 4. The Morgan fingerprint density at radius 3 is 2.13 bits per heavy atom. The van der Waals surface area contributed by atoms with E-state index >= 15 is 0 Å². The van der Waals surface area contributed by atoms with Crippen molar-refractivity contribution in [2.45, 2.75) is 36.2 Å². The number of carbonyl (C=O) groups excluding carboxylic acids is 4. The van der Waals surface area contributed by atoms with Gasteiger partial charge in [-0.3, -0.25) is 19.3 Å². The Balaban J connectivity index is 1.53. The molecule has 3 heterocycles. The number of nitrogens with zero attached hydrogens (tertiary/aromatic N) is 1. The fraction of sp³-hybridized carbons (Fsp3) is 0.200. The van der Waals surface area contributed by atoms with Crippen molar-refractivity contribution in [3.05, 3.63) is 131 Å². The number of rotatable bonds is 6. The van der Waals surface area contributed by atoms with Crippen LogP contribution in [-0.4, -0.2) is 39.9 Å². The first-order chi connectivity index (χ1) is 22.2. The van der Waals surface area contributed by atoms with E-state index in [0.29, 0.717) is 22.4 Å². The molecule has 0 bridgehead atoms. The van der Waals surface area contributed by atoms with Crippen LogP contribution < -0.4 is 22.1 Å². The largest absolute Gasteiger partial charge is 0.508 e. The lowest BCUT2D eigenvalue weighted by Crippen LogP contribution is -2.53. The molecule has 232 valence electrons. The van der Waals surface area contributed by atoms with E-state index in [1.807, 2.05) is 65.6 Å². The quantitative estimate of drug-likeness (QED) is 0.206. The fourth-order valence-electron chi connectivity index (χ4n) is 7.63. The number of primary amides is 2. The standard InChI is InChI=1S/C35H31N5O6/c36-31(42)26-28-32(43)46-29(21-9-5-2-6-10-21)27(20-7-3-1-4-8-20)40(28)30(22-12-14-23(41)15-13-22)35(26)24-17-19(18-38-34(37)45)11-16-25(24)39-33(35)44/h1-17,26-30,41H,18H2,(H2,36,42)(H,39,44)(H3,37,38,45)/t26-,27-,28-,29+,30+,35-/m0/s1. The number of nitrogens with one attached hydrogen (secondary N) is 2. The van der Waals surface area contributed by atoms with Gasteiger partial charge in [-0.25, -0.2) is 4.79 Å². The van der Waals surface area contributed by atoms with Gasteiger partial charge in [-0.1, -0.05) is 84.9 Å². The van der Waals surface area contributed by atoms with Gasteiger partial charge in [0.15, 0.2) is 0 Å². The third kappa shape index (κ3) is 4.39. The van der Waals surface area contributed by atoms with E-state index in [1.54, 1.807) is 30.3 Å². The number of phenolic OH excluding ortho intramolecular Hbond substituents is 1. The van der Waals surface area contributed by atoms with E-state index in [9.17, 15) is 24.3 Å². The summed E-state index contributed by atoms with van der Waals surface area (Å²) in [5.41, 5.74) is 13.5. The van der Waals surface area contributed by atoms with Gasteiger partial charge in [0.2, 0.25) is 11.8 Å². The average molecular weight is 618 g/mol. The van der Waals surface area contributed by atoms with Crippen molar-refractivity contribution in [2.24, 2.45) is 17.4 Å². The van der Waals surface area contributed by atoms with Gasteiger partial charge >= 0.3 is 12.0 Å². The van der Waals surface area contributed by atoms with Gasteiger partial charge < -0.3 is 31.9 Å². The lowest BCUT2D eigenvalue weighted by Gasteiger charge is -2.46. The third-order valence-electron chi connectivity index (χ3n) is 9.35. The second kappa shape index (κ2) is 11.0. The van der Waals surface area contributed by atoms with E-state index in [4.69, 9.17) is 16.2 Å². The van der Waals surface area contributed by atoms with Crippen LogP contribution in [-0.2, 0) is 31.1 Å². The molecule has 6 atom stereocenters. The number of anilines is 1. The summed E-state index contributed by atoms with van der Waals surface area (Å²) in [6.07, 6.45) is -0.800. The summed E-state index contributed by atoms with van der Waals surface area (Å²) < 4.78 is 6.23. The predicted octanol–water partition coefficient (Wildman–Crippen LogP) is 3.32. The van der Waals surface area contributed by atoms with Crippen LogP contribution in [0.3, 0.4) is 0 Å². The number of amides is 4. The van der Waals surface area contributed by atoms with E-state index in [1.165, 1.54) is 12.1 Å². The summed E-state index contributed by atoms with van der Waals surface area (Å²) in [7, 11) is 0. The Morgan fingerprint density at radius 2 is 1.50 bits per heavy atom. The number of urea groups is 1. The second-order valence-corrected chi connectivity index (χ2v) is 11.8. The summed E-state index contributed by atoms with van der Waals surface area (Å²) in [6, 6.07) is 26.8. The number of fused-ring (bicyclic) bond motifs is 3. The maximum atomic E-state index is 14.6. The molecule has 3 aliphatic heterocycles.